The van der Waals surface area contributed by atoms with Crippen LogP contribution in [-0.4, -0.2) is 23.7 Å². The van der Waals surface area contributed by atoms with Crippen LogP contribution in [0.1, 0.15) is 65.3 Å². The van der Waals surface area contributed by atoms with Gasteiger partial charge in [0.25, 0.3) is 0 Å². The molecule has 52 heavy (non-hydrogen) atoms. The summed E-state index contributed by atoms with van der Waals surface area (Å²) in [7, 11) is -2.56. The predicted molar refractivity (Wildman–Crippen MR) is 224 cm³/mol. The Morgan fingerprint density at radius 1 is 0.673 bits per heavy atom. The van der Waals surface area contributed by atoms with E-state index in [-0.39, 0.29) is 6.10 Å². The summed E-state index contributed by atoms with van der Waals surface area (Å²) in [4.78, 5) is 2.54. The Kier molecular flexibility index (Phi) is 6.97. The highest BCUT2D eigenvalue weighted by atomic mass is 28.3. The zero-order chi connectivity index (χ0) is 34.5. The fraction of sp³-hybridized carbons (Fsp3) is 0.208. The number of fused-ring (bicyclic) bond motifs is 10. The van der Waals surface area contributed by atoms with Crippen LogP contribution in [0.5, 0.6) is 5.75 Å². The molecule has 0 bridgehead atoms. The number of nitrogens with zero attached hydrogens (tertiary/aromatic N) is 1. The van der Waals surface area contributed by atoms with Gasteiger partial charge in [-0.05, 0) is 119 Å². The van der Waals surface area contributed by atoms with Gasteiger partial charge >= 0.3 is 0 Å². The summed E-state index contributed by atoms with van der Waals surface area (Å²) in [6.07, 6.45) is 18.0. The predicted octanol–water partition coefficient (Wildman–Crippen LogP) is 10.1. The molecule has 0 saturated heterocycles. The fourth-order valence-electron chi connectivity index (χ4n) is 10.6. The Morgan fingerprint density at radius 2 is 1.46 bits per heavy atom. The molecule has 0 fully saturated rings. The largest absolute Gasteiger partial charge is 0.489 e. The second kappa shape index (κ2) is 11.8. The first-order valence-electron chi connectivity index (χ1n) is 19.4. The first kappa shape index (κ1) is 30.7. The minimum Gasteiger partial charge on any atom is -0.489 e. The maximum Gasteiger partial charge on any atom is 0.123 e. The molecule has 0 amide bonds. The standard InChI is InChI=1S/C48H43NOSi2/c1-51-43-17-8-6-14-38(43)39-24-22-33(28-45(39)51)49(32-20-18-31(19-21-32)36-15-9-11-30-10-3-4-12-35(30)36)34-23-25-41-46(29-34)52(2)44-27-26-40-37-13-5-7-16-42(37)50-48(40)47(41)44/h4-7,9,11-16,18-25,27-29,40,47-48,51-52H,3,8,10,17,26H2,1-2H3. The molecule has 0 saturated carbocycles. The van der Waals surface area contributed by atoms with E-state index in [4.69, 9.17) is 4.74 Å². The number of aryl methyl sites for hydroxylation is 1. The van der Waals surface area contributed by atoms with Crippen molar-refractivity contribution in [2.24, 2.45) is 0 Å². The van der Waals surface area contributed by atoms with E-state index in [0.29, 0.717) is 11.8 Å². The average molecular weight is 706 g/mol. The first-order valence-corrected chi connectivity index (χ1v) is 24.1. The van der Waals surface area contributed by atoms with Gasteiger partial charge in [-0.3, -0.25) is 0 Å². The van der Waals surface area contributed by atoms with Gasteiger partial charge in [0.15, 0.2) is 0 Å². The molecule has 5 aromatic carbocycles. The molecular formula is C48H43NOSi2. The second-order valence-electron chi connectivity index (χ2n) is 15.8. The first-order chi connectivity index (χ1) is 25.6. The highest BCUT2D eigenvalue weighted by Gasteiger charge is 2.49. The van der Waals surface area contributed by atoms with Gasteiger partial charge < -0.3 is 9.64 Å². The molecule has 3 heterocycles. The molecule has 0 spiro atoms. The number of benzene rings is 5. The van der Waals surface area contributed by atoms with E-state index >= 15 is 0 Å². The highest BCUT2D eigenvalue weighted by Crippen LogP contribution is 2.53. The molecule has 3 aliphatic heterocycles. The van der Waals surface area contributed by atoms with Crippen molar-refractivity contribution < 1.29 is 4.74 Å². The van der Waals surface area contributed by atoms with Crippen molar-refractivity contribution in [1.29, 1.82) is 0 Å². The van der Waals surface area contributed by atoms with Crippen LogP contribution in [0, 0.1) is 0 Å². The smallest absolute Gasteiger partial charge is 0.123 e. The average Bonchev–Trinajstić information content (AvgIpc) is 3.82. The number of ether oxygens (including phenoxy) is 1. The lowest BCUT2D eigenvalue weighted by molar-refractivity contribution is 0.182. The number of hydrogen-bond donors (Lipinski definition) is 0. The zero-order valence-electron chi connectivity index (χ0n) is 30.0. The minimum atomic E-state index is -1.36. The van der Waals surface area contributed by atoms with Gasteiger partial charge in [-0.2, -0.15) is 0 Å². The molecule has 6 aliphatic rings. The number of para-hydroxylation sites is 1. The third-order valence-corrected chi connectivity index (χ3v) is 19.3. The zero-order valence-corrected chi connectivity index (χ0v) is 32.3. The second-order valence-corrected chi connectivity index (χ2v) is 21.2. The van der Waals surface area contributed by atoms with Gasteiger partial charge in [0, 0.05) is 34.5 Å². The summed E-state index contributed by atoms with van der Waals surface area (Å²) in [6.45, 7) is 5.10. The van der Waals surface area contributed by atoms with E-state index in [9.17, 15) is 0 Å². The van der Waals surface area contributed by atoms with Crippen LogP contribution in [0.3, 0.4) is 0 Å². The van der Waals surface area contributed by atoms with Crippen molar-refractivity contribution in [2.45, 2.75) is 63.1 Å². The minimum absolute atomic E-state index is 0.206. The summed E-state index contributed by atoms with van der Waals surface area (Å²) in [5, 5.41) is 6.61. The van der Waals surface area contributed by atoms with Crippen LogP contribution in [-0.2, 0) is 6.42 Å². The normalized spacial score (nSPS) is 24.2. The Balaban J connectivity index is 1.01. The molecule has 0 N–H and O–H groups in total. The van der Waals surface area contributed by atoms with Gasteiger partial charge in [-0.15, -0.1) is 0 Å². The van der Waals surface area contributed by atoms with Crippen molar-refractivity contribution in [3.05, 3.63) is 166 Å². The molecule has 5 unspecified atom stereocenters. The third-order valence-electron chi connectivity index (χ3n) is 13.2. The van der Waals surface area contributed by atoms with E-state index in [1.807, 2.05) is 0 Å². The van der Waals surface area contributed by atoms with Crippen molar-refractivity contribution in [1.82, 2.24) is 0 Å². The van der Waals surface area contributed by atoms with E-state index in [2.05, 4.69) is 152 Å². The summed E-state index contributed by atoms with van der Waals surface area (Å²) >= 11 is 0. The van der Waals surface area contributed by atoms with Gasteiger partial charge in [-0.1, -0.05) is 120 Å². The maximum absolute atomic E-state index is 6.78. The van der Waals surface area contributed by atoms with Crippen LogP contribution in [0.15, 0.2) is 138 Å². The van der Waals surface area contributed by atoms with Crippen molar-refractivity contribution in [3.8, 4) is 16.9 Å². The molecule has 0 aromatic heterocycles. The third kappa shape index (κ3) is 4.53. The van der Waals surface area contributed by atoms with Gasteiger partial charge in [0.1, 0.15) is 11.9 Å². The molecule has 5 atom stereocenters. The monoisotopic (exact) mass is 705 g/mol. The van der Waals surface area contributed by atoms with E-state index in [0.717, 1.165) is 25.0 Å². The van der Waals surface area contributed by atoms with Crippen molar-refractivity contribution in [3.63, 3.8) is 0 Å². The quantitative estimate of drug-likeness (QED) is 0.173. The maximum atomic E-state index is 6.78. The lowest BCUT2D eigenvalue weighted by Gasteiger charge is -2.31. The van der Waals surface area contributed by atoms with E-state index in [1.165, 1.54) is 74.4 Å². The Bertz CT molecular complexity index is 2430. The van der Waals surface area contributed by atoms with Crippen LogP contribution in [0.4, 0.5) is 17.1 Å². The number of anilines is 3. The Morgan fingerprint density at radius 3 is 2.37 bits per heavy atom. The van der Waals surface area contributed by atoms with Crippen LogP contribution < -0.4 is 20.0 Å². The summed E-state index contributed by atoms with van der Waals surface area (Å²) in [6, 6.07) is 39.7. The lowest BCUT2D eigenvalue weighted by Crippen LogP contribution is -2.31. The molecule has 4 heteroatoms. The molecule has 11 rings (SSSR count). The Labute approximate surface area is 310 Å². The molecule has 5 aromatic rings. The van der Waals surface area contributed by atoms with Crippen molar-refractivity contribution >= 4 is 56.7 Å². The van der Waals surface area contributed by atoms with Crippen LogP contribution in [0.2, 0.25) is 13.1 Å². The molecule has 2 nitrogen and oxygen atoms in total. The van der Waals surface area contributed by atoms with Gasteiger partial charge in [0.05, 0.1) is 17.6 Å². The van der Waals surface area contributed by atoms with Crippen LogP contribution >= 0.6 is 0 Å². The van der Waals surface area contributed by atoms with E-state index in [1.54, 1.807) is 20.8 Å². The number of allylic oxidation sites excluding steroid dienone is 6. The van der Waals surface area contributed by atoms with E-state index < -0.39 is 17.6 Å². The molecule has 254 valence electrons. The molecule has 3 aliphatic carbocycles. The highest BCUT2D eigenvalue weighted by molar-refractivity contribution is 6.82. The van der Waals surface area contributed by atoms with Crippen molar-refractivity contribution in [2.75, 3.05) is 4.90 Å². The van der Waals surface area contributed by atoms with Gasteiger partial charge in [0.2, 0.25) is 0 Å². The SMILES string of the molecule is C[SiH]1C2=C(C=CCC2)c2ccc(N(c3ccc(-c4cccc5c4C=CCC5)cc3)c3ccc4c(c3)[SiH](C)C3=CCC5c6ccccc6OC5C34)cc21. The van der Waals surface area contributed by atoms with Gasteiger partial charge in [-0.25, -0.2) is 0 Å². The van der Waals surface area contributed by atoms with Crippen LogP contribution in [0.25, 0.3) is 22.8 Å². The summed E-state index contributed by atoms with van der Waals surface area (Å²) < 4.78 is 6.78. The Hall–Kier alpha value is -4.91. The molecular weight excluding hydrogens is 663 g/mol. The lowest BCUT2D eigenvalue weighted by atomic mass is 9.78. The topological polar surface area (TPSA) is 12.5 Å². The number of rotatable bonds is 4. The summed E-state index contributed by atoms with van der Waals surface area (Å²) in [5.41, 5.74) is 15.1. The summed E-state index contributed by atoms with van der Waals surface area (Å²) in [5.74, 6) is 1.91. The number of hydrogen-bond acceptors (Lipinski definition) is 2. The molecule has 0 radical (unpaired) electrons. The fourth-order valence-corrected chi connectivity index (χ4v) is 16.4.